The molecule has 2 heterocycles. The number of aromatic nitrogens is 1. The highest BCUT2D eigenvalue weighted by atomic mass is 35.5. The summed E-state index contributed by atoms with van der Waals surface area (Å²) < 4.78 is 25.8. The number of halogens is 1. The van der Waals surface area contributed by atoms with E-state index in [1.54, 1.807) is 16.7 Å². The molecule has 6 heteroatoms. The Labute approximate surface area is 113 Å². The molecule has 100 valence electrons. The van der Waals surface area contributed by atoms with Gasteiger partial charge in [0.2, 0.25) is 10.0 Å². The predicted molar refractivity (Wildman–Crippen MR) is 72.2 cm³/mol. The molecule has 18 heavy (non-hydrogen) atoms. The van der Waals surface area contributed by atoms with Crippen LogP contribution in [0.25, 0.3) is 0 Å². The highest BCUT2D eigenvalue weighted by molar-refractivity contribution is 7.89. The smallest absolute Gasteiger partial charge is 0.214 e. The van der Waals surface area contributed by atoms with Crippen molar-refractivity contribution >= 4 is 21.6 Å². The Morgan fingerprint density at radius 1 is 1.28 bits per heavy atom. The second-order valence-corrected chi connectivity index (χ2v) is 7.20. The highest BCUT2D eigenvalue weighted by Crippen LogP contribution is 2.18. The van der Waals surface area contributed by atoms with Crippen molar-refractivity contribution < 1.29 is 8.42 Å². The Morgan fingerprint density at radius 2 is 1.89 bits per heavy atom. The fourth-order valence-corrected chi connectivity index (χ4v) is 3.74. The number of alkyl halides is 1. The molecule has 0 radical (unpaired) electrons. The van der Waals surface area contributed by atoms with Gasteiger partial charge in [-0.25, -0.2) is 12.7 Å². The SMILES string of the molecule is O=S(=O)(CCc1ccncc1)N1CCC(Cl)CC1. The van der Waals surface area contributed by atoms with Gasteiger partial charge in [-0.15, -0.1) is 11.6 Å². The van der Waals surface area contributed by atoms with Gasteiger partial charge in [0, 0.05) is 30.9 Å². The lowest BCUT2D eigenvalue weighted by atomic mass is 10.2. The van der Waals surface area contributed by atoms with Crippen molar-refractivity contribution in [2.24, 2.45) is 0 Å². The van der Waals surface area contributed by atoms with E-state index in [9.17, 15) is 8.42 Å². The van der Waals surface area contributed by atoms with Crippen LogP contribution in [0, 0.1) is 0 Å². The second-order valence-electron chi connectivity index (χ2n) is 4.50. The lowest BCUT2D eigenvalue weighted by Gasteiger charge is -2.28. The number of hydrogen-bond donors (Lipinski definition) is 0. The molecule has 0 N–H and O–H groups in total. The fraction of sp³-hybridized carbons (Fsp3) is 0.583. The minimum Gasteiger partial charge on any atom is -0.265 e. The van der Waals surface area contributed by atoms with Crippen molar-refractivity contribution in [3.05, 3.63) is 30.1 Å². The van der Waals surface area contributed by atoms with Crippen LogP contribution in [0.5, 0.6) is 0 Å². The summed E-state index contributed by atoms with van der Waals surface area (Å²) >= 11 is 5.98. The molecule has 0 saturated carbocycles. The van der Waals surface area contributed by atoms with Gasteiger partial charge < -0.3 is 0 Å². The van der Waals surface area contributed by atoms with Crippen LogP contribution in [0.1, 0.15) is 18.4 Å². The summed E-state index contributed by atoms with van der Waals surface area (Å²) in [7, 11) is -3.15. The van der Waals surface area contributed by atoms with Gasteiger partial charge in [0.1, 0.15) is 0 Å². The molecule has 0 atom stereocenters. The normalized spacial score (nSPS) is 18.9. The van der Waals surface area contributed by atoms with Crippen molar-refractivity contribution in [1.82, 2.24) is 9.29 Å². The minimum atomic E-state index is -3.15. The van der Waals surface area contributed by atoms with Crippen LogP contribution >= 0.6 is 11.6 Å². The highest BCUT2D eigenvalue weighted by Gasteiger charge is 2.26. The van der Waals surface area contributed by atoms with E-state index < -0.39 is 10.0 Å². The maximum absolute atomic E-state index is 12.1. The van der Waals surface area contributed by atoms with Crippen molar-refractivity contribution in [2.45, 2.75) is 24.6 Å². The Hall–Kier alpha value is -0.650. The van der Waals surface area contributed by atoms with Gasteiger partial charge in [0.05, 0.1) is 5.75 Å². The van der Waals surface area contributed by atoms with E-state index >= 15 is 0 Å². The lowest BCUT2D eigenvalue weighted by molar-refractivity contribution is 0.350. The zero-order chi connectivity index (χ0) is 13.0. The van der Waals surface area contributed by atoms with E-state index in [1.165, 1.54) is 0 Å². The molecule has 0 aliphatic carbocycles. The average molecular weight is 289 g/mol. The summed E-state index contributed by atoms with van der Waals surface area (Å²) in [6.07, 6.45) is 5.39. The first-order chi connectivity index (χ1) is 8.58. The molecule has 1 aliphatic rings. The maximum atomic E-state index is 12.1. The van der Waals surface area contributed by atoms with E-state index in [0.717, 1.165) is 18.4 Å². The summed E-state index contributed by atoms with van der Waals surface area (Å²) in [5.41, 5.74) is 1.00. The van der Waals surface area contributed by atoms with Crippen LogP contribution in [-0.4, -0.2) is 41.9 Å². The summed E-state index contributed by atoms with van der Waals surface area (Å²) in [5.74, 6) is 0.157. The molecule has 1 fully saturated rings. The molecular weight excluding hydrogens is 272 g/mol. The third kappa shape index (κ3) is 3.67. The minimum absolute atomic E-state index is 0.122. The third-order valence-corrected chi connectivity index (χ3v) is 5.48. The quantitative estimate of drug-likeness (QED) is 0.792. The molecule has 2 rings (SSSR count). The topological polar surface area (TPSA) is 50.3 Å². The van der Waals surface area contributed by atoms with Crippen LogP contribution in [-0.2, 0) is 16.4 Å². The largest absolute Gasteiger partial charge is 0.265 e. The molecule has 1 aromatic heterocycles. The number of hydrogen-bond acceptors (Lipinski definition) is 3. The van der Waals surface area contributed by atoms with Crippen LogP contribution in [0.2, 0.25) is 0 Å². The van der Waals surface area contributed by atoms with Gasteiger partial charge in [-0.05, 0) is 37.0 Å². The van der Waals surface area contributed by atoms with E-state index in [1.807, 2.05) is 12.1 Å². The van der Waals surface area contributed by atoms with Crippen molar-refractivity contribution in [1.29, 1.82) is 0 Å². The average Bonchev–Trinajstić information content (AvgIpc) is 2.38. The maximum Gasteiger partial charge on any atom is 0.214 e. The number of nitrogens with zero attached hydrogens (tertiary/aromatic N) is 2. The van der Waals surface area contributed by atoms with Crippen LogP contribution in [0.15, 0.2) is 24.5 Å². The first kappa shape index (κ1) is 13.8. The number of rotatable bonds is 4. The Kier molecular flexibility index (Phi) is 4.59. The summed E-state index contributed by atoms with van der Waals surface area (Å²) in [6, 6.07) is 3.70. The molecule has 1 saturated heterocycles. The van der Waals surface area contributed by atoms with E-state index in [0.29, 0.717) is 19.5 Å². The van der Waals surface area contributed by atoms with E-state index in [4.69, 9.17) is 11.6 Å². The molecule has 0 bridgehead atoms. The molecule has 0 unspecified atom stereocenters. The van der Waals surface area contributed by atoms with E-state index in [-0.39, 0.29) is 11.1 Å². The Bertz CT molecular complexity index is 470. The fourth-order valence-electron chi connectivity index (χ4n) is 2.03. The lowest BCUT2D eigenvalue weighted by Crippen LogP contribution is -2.40. The number of pyridine rings is 1. The Balaban J connectivity index is 1.91. The molecule has 4 nitrogen and oxygen atoms in total. The molecule has 1 aromatic rings. The zero-order valence-corrected chi connectivity index (χ0v) is 11.7. The van der Waals surface area contributed by atoms with Crippen LogP contribution in [0.4, 0.5) is 0 Å². The van der Waals surface area contributed by atoms with Gasteiger partial charge in [0.25, 0.3) is 0 Å². The van der Waals surface area contributed by atoms with E-state index in [2.05, 4.69) is 4.98 Å². The molecule has 0 spiro atoms. The van der Waals surface area contributed by atoms with Gasteiger partial charge in [-0.3, -0.25) is 4.98 Å². The van der Waals surface area contributed by atoms with Crippen molar-refractivity contribution in [3.8, 4) is 0 Å². The summed E-state index contributed by atoms with van der Waals surface area (Å²) in [5, 5.41) is 0.122. The second kappa shape index (κ2) is 5.99. The van der Waals surface area contributed by atoms with Gasteiger partial charge >= 0.3 is 0 Å². The zero-order valence-electron chi connectivity index (χ0n) is 10.1. The van der Waals surface area contributed by atoms with Crippen LogP contribution in [0.3, 0.4) is 0 Å². The molecule has 0 amide bonds. The predicted octanol–water partition coefficient (Wildman–Crippen LogP) is 1.66. The molecular formula is C12H17ClN2O2S. The summed E-state index contributed by atoms with van der Waals surface area (Å²) in [4.78, 5) is 3.91. The van der Waals surface area contributed by atoms with Crippen LogP contribution < -0.4 is 0 Å². The number of aryl methyl sites for hydroxylation is 1. The monoisotopic (exact) mass is 288 g/mol. The molecule has 0 aromatic carbocycles. The number of piperidine rings is 1. The van der Waals surface area contributed by atoms with Gasteiger partial charge in [0.15, 0.2) is 0 Å². The standard InChI is InChI=1S/C12H17ClN2O2S/c13-12-3-8-15(9-4-12)18(16,17)10-5-11-1-6-14-7-2-11/h1-2,6-7,12H,3-5,8-10H2. The summed E-state index contributed by atoms with van der Waals surface area (Å²) in [6.45, 7) is 1.10. The third-order valence-electron chi connectivity index (χ3n) is 3.17. The number of sulfonamides is 1. The first-order valence-electron chi connectivity index (χ1n) is 6.09. The first-order valence-corrected chi connectivity index (χ1v) is 8.13. The van der Waals surface area contributed by atoms with Crippen molar-refractivity contribution in [3.63, 3.8) is 0 Å². The van der Waals surface area contributed by atoms with Crippen molar-refractivity contribution in [2.75, 3.05) is 18.8 Å². The van der Waals surface area contributed by atoms with Gasteiger partial charge in [-0.1, -0.05) is 0 Å². The van der Waals surface area contributed by atoms with Gasteiger partial charge in [-0.2, -0.15) is 0 Å². The Morgan fingerprint density at radius 3 is 2.50 bits per heavy atom. The molecule has 1 aliphatic heterocycles.